The van der Waals surface area contributed by atoms with E-state index in [1.807, 2.05) is 88.1 Å². The van der Waals surface area contributed by atoms with Gasteiger partial charge in [0.1, 0.15) is 16.9 Å². The number of carbonyl (C=O) groups is 4. The summed E-state index contributed by atoms with van der Waals surface area (Å²) >= 11 is 0. The number of carbonyl (C=O) groups excluding carboxylic acids is 4. The number of piperidine rings is 2. The number of rotatable bonds is 16. The Kier molecular flexibility index (Phi) is 15.9. The summed E-state index contributed by atoms with van der Waals surface area (Å²) in [5.41, 5.74) is 4.28. The van der Waals surface area contributed by atoms with E-state index in [9.17, 15) is 19.2 Å². The summed E-state index contributed by atoms with van der Waals surface area (Å²) < 4.78 is 7.36. The van der Waals surface area contributed by atoms with Gasteiger partial charge in [-0.2, -0.15) is 0 Å². The van der Waals surface area contributed by atoms with Crippen LogP contribution in [0.4, 0.5) is 0 Å². The molecule has 0 bridgehead atoms. The van der Waals surface area contributed by atoms with Gasteiger partial charge in [-0.1, -0.05) is 43.9 Å². The van der Waals surface area contributed by atoms with Crippen LogP contribution in [-0.2, 0) is 0 Å². The Morgan fingerprint density at radius 1 is 0.714 bits per heavy atom. The van der Waals surface area contributed by atoms with E-state index in [0.717, 1.165) is 113 Å². The number of imidazole rings is 1. The second-order valence-corrected chi connectivity index (χ2v) is 16.4. The van der Waals surface area contributed by atoms with E-state index in [1.165, 1.54) is 0 Å². The van der Waals surface area contributed by atoms with Crippen LogP contribution in [0.2, 0.25) is 0 Å². The van der Waals surface area contributed by atoms with Crippen LogP contribution >= 0.6 is 0 Å². The fraction of sp³-hybridized carbons (Fsp3) is 0.408. The molecule has 0 atom stereocenters. The maximum absolute atomic E-state index is 12.9. The second-order valence-electron chi connectivity index (χ2n) is 16.4. The highest BCUT2D eigenvalue weighted by molar-refractivity contribution is 5.98. The molecule has 63 heavy (non-hydrogen) atoms. The summed E-state index contributed by atoms with van der Waals surface area (Å²) in [6.07, 6.45) is 21.0. The highest BCUT2D eigenvalue weighted by Crippen LogP contribution is 2.26. The van der Waals surface area contributed by atoms with Gasteiger partial charge < -0.3 is 34.6 Å². The lowest BCUT2D eigenvalue weighted by Gasteiger charge is -2.32. The van der Waals surface area contributed by atoms with Crippen molar-refractivity contribution in [1.29, 1.82) is 0 Å². The number of nitrogens with one attached hydrogen (secondary N) is 3. The third kappa shape index (κ3) is 12.3. The van der Waals surface area contributed by atoms with Crippen molar-refractivity contribution < 1.29 is 23.9 Å². The standard InChI is InChI=1S/C25H31N5O3.C24H28N4O2/c1-2-33-24-20(7-5-12-28-24)25(32)30-14-9-18(10-15-30)6-3-4-11-27-23(31)22-16-19-17-26-13-8-21(19)29-22;29-23(21-9-10-22-25-14-17-28(22)18-21)26-13-5-4-6-19-11-15-27(16-12-19)24(30)20-7-2-1-3-8-20/h5,7-8,12-13,16-18,29H,2-4,6,9-11,14-15H2,1H3,(H,27,31);1-3,7-10,14,17-19H,4-6,11-13,15-16H2,(H,26,29). The van der Waals surface area contributed by atoms with Gasteiger partial charge in [-0.15, -0.1) is 0 Å². The predicted molar refractivity (Wildman–Crippen MR) is 243 cm³/mol. The highest BCUT2D eigenvalue weighted by Gasteiger charge is 2.26. The van der Waals surface area contributed by atoms with Crippen molar-refractivity contribution in [1.82, 2.24) is 44.8 Å². The van der Waals surface area contributed by atoms with Gasteiger partial charge in [0.2, 0.25) is 5.88 Å². The minimum absolute atomic E-state index is 0.000436. The van der Waals surface area contributed by atoms with Gasteiger partial charge in [0.15, 0.2) is 0 Å². The lowest BCUT2D eigenvalue weighted by Crippen LogP contribution is -2.38. The first-order valence-electron chi connectivity index (χ1n) is 22.5. The number of ether oxygens (including phenoxy) is 1. The quantitative estimate of drug-likeness (QED) is 0.0838. The Bertz CT molecular complexity index is 2380. The predicted octanol–water partition coefficient (Wildman–Crippen LogP) is 7.60. The number of nitrogens with zero attached hydrogens (tertiary/aromatic N) is 6. The normalized spacial score (nSPS) is 14.6. The molecule has 1 aromatic carbocycles. The lowest BCUT2D eigenvalue weighted by molar-refractivity contribution is 0.0675. The molecule has 14 heteroatoms. The Balaban J connectivity index is 0.000000190. The van der Waals surface area contributed by atoms with E-state index < -0.39 is 0 Å². The van der Waals surface area contributed by atoms with Crippen molar-refractivity contribution in [3.05, 3.63) is 126 Å². The number of H-pyrrole nitrogens is 1. The third-order valence-corrected chi connectivity index (χ3v) is 12.1. The van der Waals surface area contributed by atoms with Gasteiger partial charge in [0.25, 0.3) is 23.6 Å². The third-order valence-electron chi connectivity index (χ3n) is 12.1. The summed E-state index contributed by atoms with van der Waals surface area (Å²) in [7, 11) is 0. The molecule has 2 aliphatic rings. The number of amides is 4. The number of aromatic nitrogens is 5. The average Bonchev–Trinajstić information content (AvgIpc) is 4.00. The van der Waals surface area contributed by atoms with Crippen LogP contribution in [0.1, 0.15) is 113 Å². The first-order valence-corrected chi connectivity index (χ1v) is 22.5. The van der Waals surface area contributed by atoms with Crippen LogP contribution in [0, 0.1) is 11.8 Å². The molecule has 0 saturated carbocycles. The number of hydrogen-bond donors (Lipinski definition) is 3. The molecule has 14 nitrogen and oxygen atoms in total. The first kappa shape index (κ1) is 44.5. The van der Waals surface area contributed by atoms with Crippen molar-refractivity contribution >= 4 is 40.2 Å². The fourth-order valence-electron chi connectivity index (χ4n) is 8.45. The molecular weight excluding hydrogens is 795 g/mol. The summed E-state index contributed by atoms with van der Waals surface area (Å²) in [6, 6.07) is 20.4. The molecule has 7 heterocycles. The maximum Gasteiger partial charge on any atom is 0.267 e. The van der Waals surface area contributed by atoms with Crippen LogP contribution in [0.5, 0.6) is 5.88 Å². The Morgan fingerprint density at radius 2 is 1.40 bits per heavy atom. The molecule has 0 spiro atoms. The van der Waals surface area contributed by atoms with Crippen molar-refractivity contribution in [3.63, 3.8) is 0 Å². The van der Waals surface area contributed by atoms with Crippen LogP contribution in [0.15, 0.2) is 104 Å². The van der Waals surface area contributed by atoms with Crippen molar-refractivity contribution in [2.75, 3.05) is 45.9 Å². The lowest BCUT2D eigenvalue weighted by atomic mass is 9.91. The Hall–Kier alpha value is -6.57. The number of likely N-dealkylation sites (tertiary alicyclic amines) is 2. The van der Waals surface area contributed by atoms with E-state index in [0.29, 0.717) is 54.2 Å². The molecule has 2 saturated heterocycles. The minimum Gasteiger partial charge on any atom is -0.477 e. The van der Waals surface area contributed by atoms with E-state index in [1.54, 1.807) is 36.9 Å². The SMILES string of the molecule is CCOc1ncccc1C(=O)N1CCC(CCCCNC(=O)c2cc3cnccc3[nH]2)CC1.O=C(NCCCCC1CCN(C(=O)c2ccccc2)CC1)c1ccc2nccn2c1. The number of pyridine rings is 3. The van der Waals surface area contributed by atoms with Crippen molar-refractivity contribution in [3.8, 4) is 5.88 Å². The molecule has 2 fully saturated rings. The number of hydrogen-bond acceptors (Lipinski definition) is 8. The summed E-state index contributed by atoms with van der Waals surface area (Å²) in [5, 5.41) is 6.94. The zero-order valence-corrected chi connectivity index (χ0v) is 36.2. The minimum atomic E-state index is -0.0835. The van der Waals surface area contributed by atoms with Crippen LogP contribution < -0.4 is 15.4 Å². The Labute approximate surface area is 368 Å². The van der Waals surface area contributed by atoms with E-state index in [2.05, 4.69) is 30.6 Å². The van der Waals surface area contributed by atoms with Crippen LogP contribution in [-0.4, -0.2) is 104 Å². The average molecular weight is 854 g/mol. The summed E-state index contributed by atoms with van der Waals surface area (Å²) in [6.45, 7) is 6.92. The zero-order chi connectivity index (χ0) is 43.8. The Morgan fingerprint density at radius 3 is 2.08 bits per heavy atom. The van der Waals surface area contributed by atoms with Crippen LogP contribution in [0.25, 0.3) is 16.6 Å². The monoisotopic (exact) mass is 853 g/mol. The van der Waals surface area contributed by atoms with E-state index >= 15 is 0 Å². The summed E-state index contributed by atoms with van der Waals surface area (Å²) in [4.78, 5) is 69.6. The molecule has 330 valence electrons. The molecule has 8 rings (SSSR count). The number of aromatic amines is 1. The van der Waals surface area contributed by atoms with E-state index in [-0.39, 0.29) is 23.6 Å². The second kappa shape index (κ2) is 22.5. The number of unbranched alkanes of at least 4 members (excludes halogenated alkanes) is 2. The van der Waals surface area contributed by atoms with Gasteiger partial charge >= 0.3 is 0 Å². The number of fused-ring (bicyclic) bond motifs is 2. The molecule has 2 aliphatic heterocycles. The molecular formula is C49H59N9O5. The number of benzene rings is 1. The molecule has 5 aromatic heterocycles. The smallest absolute Gasteiger partial charge is 0.267 e. The van der Waals surface area contributed by atoms with Crippen LogP contribution in [0.3, 0.4) is 0 Å². The van der Waals surface area contributed by atoms with Gasteiger partial charge in [0, 0.05) is 92.9 Å². The van der Waals surface area contributed by atoms with Gasteiger partial charge in [-0.3, -0.25) is 24.2 Å². The van der Waals surface area contributed by atoms with Crippen molar-refractivity contribution in [2.45, 2.75) is 71.1 Å². The topological polar surface area (TPSA) is 167 Å². The largest absolute Gasteiger partial charge is 0.477 e. The molecule has 3 N–H and O–H groups in total. The maximum atomic E-state index is 12.9. The van der Waals surface area contributed by atoms with Gasteiger partial charge in [-0.25, -0.2) is 9.97 Å². The zero-order valence-electron chi connectivity index (χ0n) is 36.2. The molecule has 0 unspecified atom stereocenters. The van der Waals surface area contributed by atoms with Gasteiger partial charge in [0.05, 0.1) is 12.2 Å². The molecule has 4 amide bonds. The molecule has 0 aliphatic carbocycles. The molecule has 6 aromatic rings. The van der Waals surface area contributed by atoms with Gasteiger partial charge in [-0.05, 0) is 106 Å². The summed E-state index contributed by atoms with van der Waals surface area (Å²) in [5.74, 6) is 1.72. The highest BCUT2D eigenvalue weighted by atomic mass is 16.5. The van der Waals surface area contributed by atoms with Crippen molar-refractivity contribution in [2.24, 2.45) is 11.8 Å². The fourth-order valence-corrected chi connectivity index (χ4v) is 8.45. The molecule has 0 radical (unpaired) electrons. The van der Waals surface area contributed by atoms with E-state index in [4.69, 9.17) is 4.74 Å². The first-order chi connectivity index (χ1) is 30.9.